The minimum Gasteiger partial charge on any atom is -0.473 e. The molecule has 0 bridgehead atoms. The first-order valence-corrected chi connectivity index (χ1v) is 8.88. The van der Waals surface area contributed by atoms with E-state index >= 15 is 0 Å². The van der Waals surface area contributed by atoms with Crippen molar-refractivity contribution in [3.63, 3.8) is 0 Å². The Balaban J connectivity index is 0.000000438. The number of H-pyrrole nitrogens is 1. The SMILES string of the molecule is C[C@@H]1CCN(C(=O)CC#N)C[C@@H]1N(C)c1ncnc2[nH]ccc12.O=C(O)C(=O)O. The van der Waals surface area contributed by atoms with Crippen molar-refractivity contribution in [3.05, 3.63) is 18.6 Å². The van der Waals surface area contributed by atoms with Gasteiger partial charge in [-0.1, -0.05) is 6.92 Å². The second-order valence-corrected chi connectivity index (χ2v) is 6.67. The normalized spacial score (nSPS) is 18.3. The van der Waals surface area contributed by atoms with Gasteiger partial charge in [0, 0.05) is 26.3 Å². The second-order valence-electron chi connectivity index (χ2n) is 6.67. The van der Waals surface area contributed by atoms with Crippen molar-refractivity contribution in [2.24, 2.45) is 5.92 Å². The summed E-state index contributed by atoms with van der Waals surface area (Å²) < 4.78 is 0. The van der Waals surface area contributed by atoms with Crippen LogP contribution in [0.4, 0.5) is 5.82 Å². The van der Waals surface area contributed by atoms with Crippen LogP contribution in [0.3, 0.4) is 0 Å². The molecule has 1 aliphatic heterocycles. The number of fused-ring (bicyclic) bond motifs is 1. The summed E-state index contributed by atoms with van der Waals surface area (Å²) in [4.78, 5) is 45.9. The van der Waals surface area contributed by atoms with Gasteiger partial charge in [0.2, 0.25) is 5.91 Å². The summed E-state index contributed by atoms with van der Waals surface area (Å²) in [7, 11) is 2.01. The van der Waals surface area contributed by atoms with Crippen LogP contribution in [0.1, 0.15) is 19.8 Å². The first-order valence-electron chi connectivity index (χ1n) is 8.88. The Morgan fingerprint density at radius 2 is 2.03 bits per heavy atom. The molecule has 11 nitrogen and oxygen atoms in total. The number of anilines is 1. The van der Waals surface area contributed by atoms with Gasteiger partial charge in [-0.15, -0.1) is 0 Å². The Morgan fingerprint density at radius 3 is 2.66 bits per heavy atom. The predicted octanol–water partition coefficient (Wildman–Crippen LogP) is 0.700. The number of nitrogens with zero attached hydrogens (tertiary/aromatic N) is 5. The molecule has 1 fully saturated rings. The van der Waals surface area contributed by atoms with E-state index in [0.717, 1.165) is 29.8 Å². The van der Waals surface area contributed by atoms with Crippen molar-refractivity contribution in [1.82, 2.24) is 19.9 Å². The number of piperidine rings is 1. The van der Waals surface area contributed by atoms with Crippen molar-refractivity contribution < 1.29 is 24.6 Å². The maximum atomic E-state index is 12.0. The summed E-state index contributed by atoms with van der Waals surface area (Å²) >= 11 is 0. The molecule has 2 atom stereocenters. The number of aromatic amines is 1. The van der Waals surface area contributed by atoms with E-state index in [2.05, 4.69) is 26.8 Å². The molecule has 1 saturated heterocycles. The highest BCUT2D eigenvalue weighted by Crippen LogP contribution is 2.28. The average molecular weight is 402 g/mol. The molecule has 154 valence electrons. The maximum absolute atomic E-state index is 12.0. The molecule has 0 radical (unpaired) electrons. The molecule has 2 aromatic heterocycles. The van der Waals surface area contributed by atoms with Gasteiger partial charge in [-0.2, -0.15) is 5.26 Å². The van der Waals surface area contributed by atoms with E-state index in [4.69, 9.17) is 25.1 Å². The number of hydrogen-bond acceptors (Lipinski definition) is 7. The average Bonchev–Trinajstić information content (AvgIpc) is 3.17. The van der Waals surface area contributed by atoms with Crippen LogP contribution in [0.2, 0.25) is 0 Å². The Bertz CT molecular complexity index is 924. The number of carbonyl (C=O) groups excluding carboxylic acids is 1. The number of carbonyl (C=O) groups is 3. The van der Waals surface area contributed by atoms with Crippen LogP contribution in [-0.2, 0) is 14.4 Å². The zero-order valence-electron chi connectivity index (χ0n) is 16.1. The Hall–Kier alpha value is -3.68. The molecule has 0 unspecified atom stereocenters. The third-order valence-corrected chi connectivity index (χ3v) is 4.85. The van der Waals surface area contributed by atoms with E-state index in [1.165, 1.54) is 0 Å². The standard InChI is InChI=1S/C16H20N6O.C2H2O4/c1-11-5-8-22(14(23)3-6-17)9-13(11)21(2)16-12-4-7-18-15(12)19-10-20-16;3-1(4)2(5)6/h4,7,10-11,13H,3,5,8-9H2,1-2H3,(H,18,19,20);(H,3,4)(H,5,6)/t11-,13+;/m1./s1. The van der Waals surface area contributed by atoms with Gasteiger partial charge < -0.3 is 25.0 Å². The van der Waals surface area contributed by atoms with Crippen LogP contribution < -0.4 is 4.90 Å². The lowest BCUT2D eigenvalue weighted by molar-refractivity contribution is -0.159. The monoisotopic (exact) mass is 402 g/mol. The molecule has 29 heavy (non-hydrogen) atoms. The van der Waals surface area contributed by atoms with Crippen LogP contribution >= 0.6 is 0 Å². The lowest BCUT2D eigenvalue weighted by atomic mass is 9.92. The number of aliphatic carboxylic acids is 2. The quantitative estimate of drug-likeness (QED) is 0.627. The third-order valence-electron chi connectivity index (χ3n) is 4.85. The predicted molar refractivity (Wildman–Crippen MR) is 102 cm³/mol. The molecule has 0 aliphatic carbocycles. The second kappa shape index (κ2) is 9.50. The highest BCUT2D eigenvalue weighted by molar-refractivity contribution is 6.27. The number of likely N-dealkylation sites (tertiary alicyclic amines) is 1. The van der Waals surface area contributed by atoms with Gasteiger partial charge in [-0.05, 0) is 18.4 Å². The van der Waals surface area contributed by atoms with Gasteiger partial charge in [0.15, 0.2) is 0 Å². The zero-order valence-corrected chi connectivity index (χ0v) is 16.1. The van der Waals surface area contributed by atoms with Crippen molar-refractivity contribution >= 4 is 34.7 Å². The van der Waals surface area contributed by atoms with Crippen LogP contribution in [0.5, 0.6) is 0 Å². The van der Waals surface area contributed by atoms with Gasteiger partial charge in [0.05, 0.1) is 17.5 Å². The molecule has 11 heteroatoms. The van der Waals surface area contributed by atoms with Gasteiger partial charge in [-0.3, -0.25) is 4.79 Å². The van der Waals surface area contributed by atoms with Crippen molar-refractivity contribution in [2.75, 3.05) is 25.0 Å². The molecule has 3 heterocycles. The van der Waals surface area contributed by atoms with Crippen LogP contribution in [0.15, 0.2) is 18.6 Å². The zero-order chi connectivity index (χ0) is 21.6. The smallest absolute Gasteiger partial charge is 0.414 e. The molecule has 0 saturated carbocycles. The molecule has 0 aromatic carbocycles. The van der Waals surface area contributed by atoms with E-state index in [-0.39, 0.29) is 18.4 Å². The van der Waals surface area contributed by atoms with Crippen LogP contribution in [-0.4, -0.2) is 74.1 Å². The lowest BCUT2D eigenvalue weighted by Crippen LogP contribution is -2.52. The van der Waals surface area contributed by atoms with Crippen molar-refractivity contribution in [3.8, 4) is 6.07 Å². The number of rotatable bonds is 3. The highest BCUT2D eigenvalue weighted by Gasteiger charge is 2.32. The molecule has 2 aromatic rings. The molecule has 3 N–H and O–H groups in total. The summed E-state index contributed by atoms with van der Waals surface area (Å²) in [6.45, 7) is 3.53. The Labute approximate surface area is 166 Å². The van der Waals surface area contributed by atoms with Gasteiger partial charge in [-0.25, -0.2) is 19.6 Å². The number of amides is 1. The van der Waals surface area contributed by atoms with Gasteiger partial charge in [0.25, 0.3) is 0 Å². The number of nitrogens with one attached hydrogen (secondary N) is 1. The summed E-state index contributed by atoms with van der Waals surface area (Å²) in [6.07, 6.45) is 4.27. The number of carboxylic acids is 2. The minimum atomic E-state index is -1.82. The van der Waals surface area contributed by atoms with Crippen LogP contribution in [0.25, 0.3) is 11.0 Å². The maximum Gasteiger partial charge on any atom is 0.414 e. The third kappa shape index (κ3) is 5.19. The van der Waals surface area contributed by atoms with E-state index in [1.807, 2.05) is 25.4 Å². The number of hydrogen-bond donors (Lipinski definition) is 3. The number of carboxylic acid groups (broad SMARTS) is 2. The number of likely N-dealkylation sites (N-methyl/N-ethyl adjacent to an activating group) is 1. The lowest BCUT2D eigenvalue weighted by Gasteiger charge is -2.42. The van der Waals surface area contributed by atoms with Gasteiger partial charge in [0.1, 0.15) is 24.2 Å². The van der Waals surface area contributed by atoms with E-state index in [9.17, 15) is 4.79 Å². The van der Waals surface area contributed by atoms with E-state index in [0.29, 0.717) is 12.5 Å². The molecular weight excluding hydrogens is 380 g/mol. The fourth-order valence-electron chi connectivity index (χ4n) is 3.26. The fraction of sp³-hybridized carbons (Fsp3) is 0.444. The van der Waals surface area contributed by atoms with Crippen molar-refractivity contribution in [1.29, 1.82) is 5.26 Å². The fourth-order valence-corrected chi connectivity index (χ4v) is 3.26. The summed E-state index contributed by atoms with van der Waals surface area (Å²) in [5.41, 5.74) is 0.808. The summed E-state index contributed by atoms with van der Waals surface area (Å²) in [5, 5.41) is 24.5. The van der Waals surface area contributed by atoms with Crippen LogP contribution in [0, 0.1) is 17.2 Å². The number of aromatic nitrogens is 3. The molecule has 0 spiro atoms. The van der Waals surface area contributed by atoms with E-state index < -0.39 is 11.9 Å². The molecular formula is C18H22N6O5. The van der Waals surface area contributed by atoms with Crippen molar-refractivity contribution in [2.45, 2.75) is 25.8 Å². The molecule has 1 aliphatic rings. The first-order chi connectivity index (χ1) is 13.8. The minimum absolute atomic E-state index is 0.0552. The first kappa shape index (κ1) is 21.6. The topological polar surface area (TPSA) is 164 Å². The summed E-state index contributed by atoms with van der Waals surface area (Å²) in [6, 6.07) is 4.07. The van der Waals surface area contributed by atoms with E-state index in [1.54, 1.807) is 11.2 Å². The molecule has 1 amide bonds. The Morgan fingerprint density at radius 1 is 1.34 bits per heavy atom. The summed E-state index contributed by atoms with van der Waals surface area (Å²) in [5.74, 6) is -2.44. The highest BCUT2D eigenvalue weighted by atomic mass is 16.4. The number of nitriles is 1. The van der Waals surface area contributed by atoms with Gasteiger partial charge >= 0.3 is 11.9 Å². The Kier molecular flexibility index (Phi) is 7.08. The largest absolute Gasteiger partial charge is 0.473 e. The molecule has 3 rings (SSSR count).